The van der Waals surface area contributed by atoms with Gasteiger partial charge in [0, 0.05) is 6.54 Å². The van der Waals surface area contributed by atoms with Crippen molar-refractivity contribution in [2.45, 2.75) is 38.0 Å². The van der Waals surface area contributed by atoms with E-state index in [9.17, 15) is 9.59 Å². The Balaban J connectivity index is 1.83. The van der Waals surface area contributed by atoms with E-state index in [4.69, 9.17) is 14.6 Å². The number of nitrogens with zero attached hydrogens (tertiary/aromatic N) is 1. The zero-order valence-electron chi connectivity index (χ0n) is 10.9. The third kappa shape index (κ3) is 2.07. The van der Waals surface area contributed by atoms with Crippen LogP contribution in [0.25, 0.3) is 0 Å². The van der Waals surface area contributed by atoms with Gasteiger partial charge in [0.25, 0.3) is 5.91 Å². The molecular formula is C14H15NO5. The molecule has 106 valence electrons. The van der Waals surface area contributed by atoms with Crippen LogP contribution in [-0.4, -0.2) is 46.4 Å². The largest absolute Gasteiger partial charge is 0.479 e. The summed E-state index contributed by atoms with van der Waals surface area (Å²) in [5, 5.41) is 9.11. The zero-order chi connectivity index (χ0) is 14.3. The number of carboxylic acid groups (broad SMARTS) is 1. The fourth-order valence-electron chi connectivity index (χ4n) is 2.65. The van der Waals surface area contributed by atoms with Gasteiger partial charge in [-0.2, -0.15) is 0 Å². The summed E-state index contributed by atoms with van der Waals surface area (Å²) in [6.45, 7) is 2.21. The van der Waals surface area contributed by atoms with E-state index in [0.29, 0.717) is 6.54 Å². The molecule has 1 amide bonds. The predicted molar refractivity (Wildman–Crippen MR) is 67.6 cm³/mol. The quantitative estimate of drug-likeness (QED) is 0.876. The van der Waals surface area contributed by atoms with Crippen LogP contribution in [-0.2, 0) is 25.6 Å². The Bertz CT molecular complexity index is 532. The normalized spacial score (nSPS) is 32.5. The summed E-state index contributed by atoms with van der Waals surface area (Å²) < 4.78 is 10.6. The van der Waals surface area contributed by atoms with E-state index in [-0.39, 0.29) is 11.9 Å². The highest BCUT2D eigenvalue weighted by Crippen LogP contribution is 2.32. The van der Waals surface area contributed by atoms with Crippen LogP contribution in [0.5, 0.6) is 0 Å². The second-order valence-corrected chi connectivity index (χ2v) is 5.02. The van der Waals surface area contributed by atoms with Gasteiger partial charge < -0.3 is 19.5 Å². The van der Waals surface area contributed by atoms with Gasteiger partial charge in [0.1, 0.15) is 6.10 Å². The van der Waals surface area contributed by atoms with Crippen molar-refractivity contribution in [3.8, 4) is 0 Å². The first kappa shape index (κ1) is 13.1. The number of aliphatic carboxylic acids is 1. The van der Waals surface area contributed by atoms with E-state index < -0.39 is 24.5 Å². The molecule has 0 aliphatic carbocycles. The Labute approximate surface area is 115 Å². The molecule has 2 heterocycles. The number of carboxylic acids is 1. The van der Waals surface area contributed by atoms with E-state index in [1.165, 1.54) is 0 Å². The number of hydrogen-bond acceptors (Lipinski definition) is 4. The number of benzene rings is 1. The lowest BCUT2D eigenvalue weighted by atomic mass is 10.0. The molecule has 2 bridgehead atoms. The highest BCUT2D eigenvalue weighted by molar-refractivity contribution is 5.83. The molecule has 2 fully saturated rings. The van der Waals surface area contributed by atoms with Gasteiger partial charge >= 0.3 is 5.97 Å². The second-order valence-electron chi connectivity index (χ2n) is 5.02. The average molecular weight is 277 g/mol. The minimum absolute atomic E-state index is 0.318. The van der Waals surface area contributed by atoms with Crippen LogP contribution in [0.3, 0.4) is 0 Å². The van der Waals surface area contributed by atoms with Gasteiger partial charge in [0.15, 0.2) is 6.10 Å². The molecule has 3 rings (SSSR count). The Morgan fingerprint density at radius 1 is 1.30 bits per heavy atom. The maximum Gasteiger partial charge on any atom is 0.335 e. The summed E-state index contributed by atoms with van der Waals surface area (Å²) in [4.78, 5) is 25.0. The molecule has 1 N–H and O–H groups in total. The fourth-order valence-corrected chi connectivity index (χ4v) is 2.65. The molecule has 1 aromatic rings. The van der Waals surface area contributed by atoms with Crippen molar-refractivity contribution in [2.75, 3.05) is 0 Å². The predicted octanol–water partition coefficient (Wildman–Crippen LogP) is 0.612. The summed E-state index contributed by atoms with van der Waals surface area (Å²) in [7, 11) is 0. The van der Waals surface area contributed by atoms with Crippen LogP contribution in [0.1, 0.15) is 12.5 Å². The van der Waals surface area contributed by atoms with Gasteiger partial charge in [-0.05, 0) is 12.5 Å². The van der Waals surface area contributed by atoms with Gasteiger partial charge in [-0.1, -0.05) is 30.3 Å². The lowest BCUT2D eigenvalue weighted by molar-refractivity contribution is -0.178. The van der Waals surface area contributed by atoms with Crippen molar-refractivity contribution in [1.82, 2.24) is 4.90 Å². The minimum Gasteiger partial charge on any atom is -0.479 e. The Hall–Kier alpha value is -1.92. The second kappa shape index (κ2) is 4.88. The van der Waals surface area contributed by atoms with Gasteiger partial charge in [-0.15, -0.1) is 0 Å². The minimum atomic E-state index is -1.10. The van der Waals surface area contributed by atoms with Gasteiger partial charge in [-0.25, -0.2) is 4.79 Å². The molecule has 0 saturated carbocycles. The Kier molecular flexibility index (Phi) is 3.19. The van der Waals surface area contributed by atoms with Gasteiger partial charge in [0.2, 0.25) is 6.29 Å². The number of hydrogen-bond donors (Lipinski definition) is 1. The van der Waals surface area contributed by atoms with Crippen molar-refractivity contribution in [3.63, 3.8) is 0 Å². The van der Waals surface area contributed by atoms with Crippen molar-refractivity contribution in [2.24, 2.45) is 0 Å². The molecule has 0 radical (unpaired) electrons. The molecule has 1 aromatic carbocycles. The first-order chi connectivity index (χ1) is 9.58. The molecule has 6 heteroatoms. The molecule has 0 aromatic heterocycles. The molecule has 2 aliphatic heterocycles. The molecule has 2 aliphatic rings. The van der Waals surface area contributed by atoms with Crippen molar-refractivity contribution >= 4 is 11.9 Å². The lowest BCUT2D eigenvalue weighted by Gasteiger charge is -2.36. The molecule has 0 unspecified atom stereocenters. The molecule has 2 saturated heterocycles. The number of carbonyl (C=O) groups is 2. The highest BCUT2D eigenvalue weighted by Gasteiger charge is 2.54. The average Bonchev–Trinajstić information content (AvgIpc) is 2.85. The lowest BCUT2D eigenvalue weighted by Crippen LogP contribution is -2.54. The third-order valence-electron chi connectivity index (χ3n) is 3.74. The van der Waals surface area contributed by atoms with Crippen LogP contribution in [0.4, 0.5) is 0 Å². The van der Waals surface area contributed by atoms with E-state index in [2.05, 4.69) is 0 Å². The topological polar surface area (TPSA) is 76.1 Å². The number of morpholine rings is 1. The number of amides is 1. The summed E-state index contributed by atoms with van der Waals surface area (Å²) in [5.41, 5.74) is 0.987. The van der Waals surface area contributed by atoms with E-state index >= 15 is 0 Å². The first-order valence-corrected chi connectivity index (χ1v) is 6.46. The number of ether oxygens (including phenoxy) is 2. The monoisotopic (exact) mass is 277 g/mol. The number of rotatable bonds is 3. The molecule has 6 nitrogen and oxygen atoms in total. The first-order valence-electron chi connectivity index (χ1n) is 6.46. The van der Waals surface area contributed by atoms with Crippen LogP contribution in [0.15, 0.2) is 30.3 Å². The zero-order valence-corrected chi connectivity index (χ0v) is 10.9. The van der Waals surface area contributed by atoms with Crippen LogP contribution < -0.4 is 0 Å². The van der Waals surface area contributed by atoms with E-state index in [1.807, 2.05) is 30.3 Å². The standard InChI is InChI=1S/C14H15NO5/c1-8-10-11(13(17)18)20-14(19-10)12(16)15(8)7-9-5-3-2-4-6-9/h2-6,8,10-11,14H,7H2,1H3,(H,17,18)/t8-,10-,11+,14+/m0/s1. The summed E-state index contributed by atoms with van der Waals surface area (Å²) in [6, 6.07) is 9.20. The Morgan fingerprint density at radius 2 is 2.00 bits per heavy atom. The summed E-state index contributed by atoms with van der Waals surface area (Å²) in [6.07, 6.45) is -2.81. The third-order valence-corrected chi connectivity index (χ3v) is 3.74. The summed E-state index contributed by atoms with van der Waals surface area (Å²) in [5.74, 6) is -1.42. The highest BCUT2D eigenvalue weighted by atomic mass is 16.7. The number of fused-ring (bicyclic) bond motifs is 2. The fraction of sp³-hybridized carbons (Fsp3) is 0.429. The molecule has 20 heavy (non-hydrogen) atoms. The molecule has 4 atom stereocenters. The van der Waals surface area contributed by atoms with E-state index in [1.54, 1.807) is 11.8 Å². The smallest absolute Gasteiger partial charge is 0.335 e. The molecule has 0 spiro atoms. The van der Waals surface area contributed by atoms with Crippen LogP contribution in [0.2, 0.25) is 0 Å². The van der Waals surface area contributed by atoms with Crippen molar-refractivity contribution in [1.29, 1.82) is 0 Å². The van der Waals surface area contributed by atoms with Crippen molar-refractivity contribution < 1.29 is 24.2 Å². The van der Waals surface area contributed by atoms with Crippen molar-refractivity contribution in [3.05, 3.63) is 35.9 Å². The van der Waals surface area contributed by atoms with Crippen LogP contribution >= 0.6 is 0 Å². The summed E-state index contributed by atoms with van der Waals surface area (Å²) >= 11 is 0. The Morgan fingerprint density at radius 3 is 2.65 bits per heavy atom. The maximum absolute atomic E-state index is 12.2. The maximum atomic E-state index is 12.2. The van der Waals surface area contributed by atoms with Gasteiger partial charge in [0.05, 0.1) is 6.04 Å². The number of carbonyl (C=O) groups excluding carboxylic acids is 1. The van der Waals surface area contributed by atoms with Crippen LogP contribution in [0, 0.1) is 0 Å². The van der Waals surface area contributed by atoms with Gasteiger partial charge in [-0.3, -0.25) is 4.79 Å². The molecular weight excluding hydrogens is 262 g/mol. The van der Waals surface area contributed by atoms with E-state index in [0.717, 1.165) is 5.56 Å². The SMILES string of the molecule is C[C@H]1[C@@H]2O[C@H](O[C@H]2C(=O)O)C(=O)N1Cc1ccccc1.